The summed E-state index contributed by atoms with van der Waals surface area (Å²) >= 11 is 1.38. The molecule has 1 heterocycles. The first-order valence-electron chi connectivity index (χ1n) is 7.07. The number of nitrogens with zero attached hydrogens (tertiary/aromatic N) is 2. The van der Waals surface area contributed by atoms with E-state index in [2.05, 4.69) is 30.6 Å². The number of carbonyl (C=O) groups is 1. The number of amides is 1. The molecule has 1 amide bonds. The van der Waals surface area contributed by atoms with Crippen molar-refractivity contribution in [3.05, 3.63) is 21.9 Å². The zero-order valence-corrected chi connectivity index (χ0v) is 14.0. The molecule has 1 rings (SSSR count). The van der Waals surface area contributed by atoms with Gasteiger partial charge >= 0.3 is 0 Å². The number of rotatable bonds is 6. The summed E-state index contributed by atoms with van der Waals surface area (Å²) < 4.78 is 0. The fraction of sp³-hybridized carbons (Fsp3) is 0.562. The Labute approximate surface area is 131 Å². The van der Waals surface area contributed by atoms with Gasteiger partial charge < -0.3 is 14.9 Å². The molecule has 0 fully saturated rings. The van der Waals surface area contributed by atoms with Crippen molar-refractivity contribution < 1.29 is 9.90 Å². The second-order valence-electron chi connectivity index (χ2n) is 5.57. The molecule has 0 atom stereocenters. The van der Waals surface area contributed by atoms with Crippen LogP contribution in [-0.4, -0.2) is 61.2 Å². The number of hydrogen-bond acceptors (Lipinski definition) is 4. The van der Waals surface area contributed by atoms with E-state index < -0.39 is 0 Å². The van der Waals surface area contributed by atoms with Gasteiger partial charge in [-0.2, -0.15) is 0 Å². The van der Waals surface area contributed by atoms with Gasteiger partial charge in [-0.15, -0.1) is 11.3 Å². The lowest BCUT2D eigenvalue weighted by Gasteiger charge is -2.25. The molecule has 116 valence electrons. The fourth-order valence-corrected chi connectivity index (χ4v) is 2.69. The van der Waals surface area contributed by atoms with E-state index in [1.807, 2.05) is 31.1 Å². The summed E-state index contributed by atoms with van der Waals surface area (Å²) in [6, 6.07) is 3.65. The third-order valence-electron chi connectivity index (χ3n) is 2.80. The molecule has 0 aliphatic rings. The molecule has 0 aromatic carbocycles. The van der Waals surface area contributed by atoms with Gasteiger partial charge in [-0.05, 0) is 32.1 Å². The van der Waals surface area contributed by atoms with E-state index >= 15 is 0 Å². The monoisotopic (exact) mass is 308 g/mol. The molecule has 4 nitrogen and oxygen atoms in total. The zero-order chi connectivity index (χ0) is 15.8. The smallest absolute Gasteiger partial charge is 0.264 e. The van der Waals surface area contributed by atoms with Crippen molar-refractivity contribution in [2.45, 2.75) is 13.8 Å². The van der Waals surface area contributed by atoms with Gasteiger partial charge in [0.2, 0.25) is 0 Å². The molecular weight excluding hydrogens is 284 g/mol. The van der Waals surface area contributed by atoms with E-state index in [9.17, 15) is 4.79 Å². The maximum Gasteiger partial charge on any atom is 0.264 e. The average molecular weight is 308 g/mol. The van der Waals surface area contributed by atoms with Crippen molar-refractivity contribution >= 4 is 17.2 Å². The second kappa shape index (κ2) is 8.83. The molecule has 0 spiro atoms. The lowest BCUT2D eigenvalue weighted by molar-refractivity contribution is 0.0729. The first-order chi connectivity index (χ1) is 9.93. The lowest BCUT2D eigenvalue weighted by atomic mass is 10.2. The van der Waals surface area contributed by atoms with E-state index in [1.54, 1.807) is 0 Å². The molecule has 0 unspecified atom stereocenters. The van der Waals surface area contributed by atoms with Gasteiger partial charge in [0.25, 0.3) is 5.91 Å². The third kappa shape index (κ3) is 6.30. The molecule has 0 bridgehead atoms. The number of aliphatic hydroxyl groups is 1. The number of likely N-dealkylation sites (N-methyl/N-ethyl adjacent to an activating group) is 1. The van der Waals surface area contributed by atoms with Gasteiger partial charge in [0, 0.05) is 19.6 Å². The zero-order valence-electron chi connectivity index (χ0n) is 13.2. The minimum atomic E-state index is -0.163. The van der Waals surface area contributed by atoms with Crippen LogP contribution in [0.3, 0.4) is 0 Å². The number of thiophene rings is 1. The van der Waals surface area contributed by atoms with Crippen LogP contribution in [0.1, 0.15) is 28.4 Å². The van der Waals surface area contributed by atoms with Gasteiger partial charge in [-0.1, -0.05) is 25.7 Å². The maximum atomic E-state index is 12.6. The van der Waals surface area contributed by atoms with E-state index in [0.29, 0.717) is 10.8 Å². The predicted octanol–water partition coefficient (Wildman–Crippen LogP) is 1.75. The molecule has 0 saturated carbocycles. The molecule has 0 radical (unpaired) electrons. The van der Waals surface area contributed by atoms with Gasteiger partial charge in [0.15, 0.2) is 0 Å². The Balaban J connectivity index is 2.80. The molecule has 0 aliphatic carbocycles. The van der Waals surface area contributed by atoms with Crippen LogP contribution in [0.5, 0.6) is 0 Å². The normalized spacial score (nSPS) is 10.6. The molecule has 1 aromatic rings. The Kier molecular flexibility index (Phi) is 7.44. The van der Waals surface area contributed by atoms with Crippen LogP contribution in [0, 0.1) is 17.8 Å². The SMILES string of the molecule is CC(C)CN(CCN(C)C)C(=O)c1ccc(C#CCO)s1. The van der Waals surface area contributed by atoms with Crippen molar-refractivity contribution in [2.75, 3.05) is 40.3 Å². The first-order valence-corrected chi connectivity index (χ1v) is 7.89. The predicted molar refractivity (Wildman–Crippen MR) is 87.6 cm³/mol. The Hall–Kier alpha value is -1.35. The van der Waals surface area contributed by atoms with Gasteiger partial charge in [0.05, 0.1) is 9.75 Å². The summed E-state index contributed by atoms with van der Waals surface area (Å²) in [4.78, 5) is 18.1. The molecular formula is C16H24N2O2S. The Bertz CT molecular complexity index is 512. The minimum Gasteiger partial charge on any atom is -0.384 e. The van der Waals surface area contributed by atoms with Gasteiger partial charge in [-0.25, -0.2) is 0 Å². The molecule has 0 saturated heterocycles. The Morgan fingerprint density at radius 1 is 1.33 bits per heavy atom. The van der Waals surface area contributed by atoms with Crippen LogP contribution in [0.2, 0.25) is 0 Å². The molecule has 21 heavy (non-hydrogen) atoms. The summed E-state index contributed by atoms with van der Waals surface area (Å²) in [6.45, 7) is 6.39. The summed E-state index contributed by atoms with van der Waals surface area (Å²) in [5.41, 5.74) is 0. The third-order valence-corrected chi connectivity index (χ3v) is 3.79. The molecule has 1 N–H and O–H groups in total. The first kappa shape index (κ1) is 17.7. The summed E-state index contributed by atoms with van der Waals surface area (Å²) in [5.74, 6) is 5.94. The summed E-state index contributed by atoms with van der Waals surface area (Å²) in [6.07, 6.45) is 0. The van der Waals surface area contributed by atoms with E-state index in [1.165, 1.54) is 11.3 Å². The number of hydrogen-bond donors (Lipinski definition) is 1. The number of carbonyl (C=O) groups excluding carboxylic acids is 1. The van der Waals surface area contributed by atoms with E-state index in [4.69, 9.17) is 5.11 Å². The number of aliphatic hydroxyl groups excluding tert-OH is 1. The van der Waals surface area contributed by atoms with Crippen molar-refractivity contribution in [3.63, 3.8) is 0 Å². The average Bonchev–Trinajstić information content (AvgIpc) is 2.88. The van der Waals surface area contributed by atoms with Gasteiger partial charge in [-0.3, -0.25) is 4.79 Å². The van der Waals surface area contributed by atoms with Crippen molar-refractivity contribution in [1.82, 2.24) is 9.80 Å². The quantitative estimate of drug-likeness (QED) is 0.814. The highest BCUT2D eigenvalue weighted by molar-refractivity contribution is 7.14. The lowest BCUT2D eigenvalue weighted by Crippen LogP contribution is -2.38. The Morgan fingerprint density at radius 2 is 2.05 bits per heavy atom. The van der Waals surface area contributed by atoms with Gasteiger partial charge in [0.1, 0.15) is 6.61 Å². The van der Waals surface area contributed by atoms with Crippen LogP contribution in [0.4, 0.5) is 0 Å². The minimum absolute atomic E-state index is 0.0626. The van der Waals surface area contributed by atoms with Crippen LogP contribution in [0.25, 0.3) is 0 Å². The summed E-state index contributed by atoms with van der Waals surface area (Å²) in [7, 11) is 4.01. The molecule has 1 aromatic heterocycles. The van der Waals surface area contributed by atoms with Crippen LogP contribution in [-0.2, 0) is 0 Å². The van der Waals surface area contributed by atoms with Crippen LogP contribution < -0.4 is 0 Å². The van der Waals surface area contributed by atoms with E-state index in [-0.39, 0.29) is 12.5 Å². The highest BCUT2D eigenvalue weighted by Crippen LogP contribution is 2.18. The van der Waals surface area contributed by atoms with E-state index in [0.717, 1.165) is 24.5 Å². The largest absolute Gasteiger partial charge is 0.384 e. The fourth-order valence-electron chi connectivity index (χ4n) is 1.84. The highest BCUT2D eigenvalue weighted by atomic mass is 32.1. The maximum absolute atomic E-state index is 12.6. The molecule has 0 aliphatic heterocycles. The van der Waals surface area contributed by atoms with Crippen molar-refractivity contribution in [1.29, 1.82) is 0 Å². The second-order valence-corrected chi connectivity index (χ2v) is 6.66. The van der Waals surface area contributed by atoms with Crippen LogP contribution in [0.15, 0.2) is 12.1 Å². The summed E-state index contributed by atoms with van der Waals surface area (Å²) in [5, 5.41) is 8.70. The van der Waals surface area contributed by atoms with Crippen molar-refractivity contribution in [3.8, 4) is 11.8 Å². The topological polar surface area (TPSA) is 43.8 Å². The standard InChI is InChI=1S/C16H24N2O2S/c1-13(2)12-18(10-9-17(3)4)16(20)15-8-7-14(21-15)6-5-11-19/h7-8,13,19H,9-12H2,1-4H3. The molecule has 5 heteroatoms. The Morgan fingerprint density at radius 3 is 2.62 bits per heavy atom. The highest BCUT2D eigenvalue weighted by Gasteiger charge is 2.18. The van der Waals surface area contributed by atoms with Crippen LogP contribution >= 0.6 is 11.3 Å². The van der Waals surface area contributed by atoms with Crippen molar-refractivity contribution in [2.24, 2.45) is 5.92 Å².